The van der Waals surface area contributed by atoms with Crippen LogP contribution in [0.2, 0.25) is 0 Å². The zero-order valence-corrected chi connectivity index (χ0v) is 8.96. The molecule has 1 aliphatic rings. The van der Waals surface area contributed by atoms with Crippen LogP contribution in [0.5, 0.6) is 0 Å². The summed E-state index contributed by atoms with van der Waals surface area (Å²) < 4.78 is 0. The molecule has 0 saturated carbocycles. The first kappa shape index (κ1) is 10.4. The number of thioether (sulfide) groups is 1. The molecule has 0 aromatic heterocycles. The van der Waals surface area contributed by atoms with Crippen LogP contribution in [-0.4, -0.2) is 24.1 Å². The Hall–Kier alpha value is 0.310. The van der Waals surface area contributed by atoms with E-state index in [-0.39, 0.29) is 0 Å². The van der Waals surface area contributed by atoms with Gasteiger partial charge in [0.05, 0.1) is 0 Å². The number of nitrogens with one attached hydrogen (secondary N) is 1. The van der Waals surface area contributed by atoms with Crippen molar-refractivity contribution in [3.63, 3.8) is 0 Å². The first-order valence-corrected chi connectivity index (χ1v) is 6.40. The molecule has 0 aromatic carbocycles. The van der Waals surface area contributed by atoms with E-state index in [0.29, 0.717) is 0 Å². The zero-order chi connectivity index (χ0) is 8.65. The van der Waals surface area contributed by atoms with Gasteiger partial charge in [-0.2, -0.15) is 11.8 Å². The van der Waals surface area contributed by atoms with Crippen molar-refractivity contribution >= 4 is 11.8 Å². The maximum Gasteiger partial charge on any atom is 0.0158 e. The highest BCUT2D eigenvalue weighted by molar-refractivity contribution is 7.99. The Morgan fingerprint density at radius 3 is 3.00 bits per heavy atom. The molecule has 0 amide bonds. The third-order valence-corrected chi connectivity index (χ3v) is 3.59. The van der Waals surface area contributed by atoms with Crippen LogP contribution in [0.15, 0.2) is 0 Å². The van der Waals surface area contributed by atoms with E-state index < -0.39 is 0 Å². The molecule has 12 heavy (non-hydrogen) atoms. The van der Waals surface area contributed by atoms with Gasteiger partial charge in [0.25, 0.3) is 0 Å². The van der Waals surface area contributed by atoms with Crippen molar-refractivity contribution < 1.29 is 0 Å². The summed E-state index contributed by atoms with van der Waals surface area (Å²) in [6.07, 6.45) is 6.96. The Labute approximate surface area is 80.7 Å². The van der Waals surface area contributed by atoms with E-state index >= 15 is 0 Å². The lowest BCUT2D eigenvalue weighted by atomic mass is 10.3. The fourth-order valence-corrected chi connectivity index (χ4v) is 2.72. The molecule has 0 aromatic rings. The molecule has 1 nitrogen and oxygen atoms in total. The predicted molar refractivity (Wildman–Crippen MR) is 57.9 cm³/mol. The van der Waals surface area contributed by atoms with Crippen molar-refractivity contribution in [3.8, 4) is 0 Å². The average molecular weight is 187 g/mol. The number of unbranched alkanes of at least 4 members (excludes halogenated alkanes) is 2. The molecular weight excluding hydrogens is 166 g/mol. The van der Waals surface area contributed by atoms with Crippen molar-refractivity contribution in [1.82, 2.24) is 5.32 Å². The molecule has 1 saturated heterocycles. The van der Waals surface area contributed by atoms with E-state index in [9.17, 15) is 0 Å². The lowest BCUT2D eigenvalue weighted by Crippen LogP contribution is -2.23. The third kappa shape index (κ3) is 4.36. The molecule has 0 aliphatic carbocycles. The van der Waals surface area contributed by atoms with Crippen molar-refractivity contribution in [1.29, 1.82) is 0 Å². The third-order valence-electron chi connectivity index (χ3n) is 2.37. The summed E-state index contributed by atoms with van der Waals surface area (Å²) in [5.74, 6) is 2.70. The molecule has 2 heteroatoms. The van der Waals surface area contributed by atoms with Gasteiger partial charge in [0.1, 0.15) is 0 Å². The summed E-state index contributed by atoms with van der Waals surface area (Å²) in [5.41, 5.74) is 0. The quantitative estimate of drug-likeness (QED) is 0.642. The minimum atomic E-state index is 0.830. The zero-order valence-electron chi connectivity index (χ0n) is 8.14. The lowest BCUT2D eigenvalue weighted by Gasteiger charge is -2.08. The molecule has 1 heterocycles. The van der Waals surface area contributed by atoms with Gasteiger partial charge in [0, 0.05) is 11.8 Å². The maximum atomic E-state index is 3.53. The van der Waals surface area contributed by atoms with E-state index in [0.717, 1.165) is 6.04 Å². The molecule has 1 rings (SSSR count). The second-order valence-electron chi connectivity index (χ2n) is 3.58. The Kier molecular flexibility index (Phi) is 5.88. The van der Waals surface area contributed by atoms with Gasteiger partial charge in [-0.15, -0.1) is 0 Å². The molecule has 0 bridgehead atoms. The summed E-state index contributed by atoms with van der Waals surface area (Å²) >= 11 is 2.13. The molecule has 1 fully saturated rings. The van der Waals surface area contributed by atoms with E-state index in [4.69, 9.17) is 0 Å². The molecular formula is C10H21NS. The van der Waals surface area contributed by atoms with E-state index in [1.54, 1.807) is 0 Å². The number of hydrogen-bond acceptors (Lipinski definition) is 2. The van der Waals surface area contributed by atoms with Crippen LogP contribution >= 0.6 is 11.8 Å². The van der Waals surface area contributed by atoms with Crippen LogP contribution in [-0.2, 0) is 0 Å². The molecule has 0 spiro atoms. The minimum absolute atomic E-state index is 0.830. The van der Waals surface area contributed by atoms with Gasteiger partial charge < -0.3 is 5.32 Å². The van der Waals surface area contributed by atoms with Crippen molar-refractivity contribution in [2.75, 3.05) is 18.1 Å². The van der Waals surface area contributed by atoms with Crippen LogP contribution in [0.4, 0.5) is 0 Å². The van der Waals surface area contributed by atoms with Gasteiger partial charge in [-0.25, -0.2) is 0 Å². The summed E-state index contributed by atoms with van der Waals surface area (Å²) in [6, 6.07) is 0.830. The van der Waals surface area contributed by atoms with Crippen molar-refractivity contribution in [2.24, 2.45) is 0 Å². The van der Waals surface area contributed by atoms with Crippen LogP contribution < -0.4 is 5.32 Å². The minimum Gasteiger partial charge on any atom is -0.313 e. The molecule has 0 radical (unpaired) electrons. The fourth-order valence-electron chi connectivity index (χ4n) is 1.58. The SMILES string of the molecule is CCCCCSCC1CCCN1. The highest BCUT2D eigenvalue weighted by Gasteiger charge is 2.12. The maximum absolute atomic E-state index is 3.53. The normalized spacial score (nSPS) is 23.2. The van der Waals surface area contributed by atoms with Gasteiger partial charge >= 0.3 is 0 Å². The van der Waals surface area contributed by atoms with Crippen LogP contribution in [0.3, 0.4) is 0 Å². The topological polar surface area (TPSA) is 12.0 Å². The van der Waals surface area contributed by atoms with Crippen LogP contribution in [0.25, 0.3) is 0 Å². The Morgan fingerprint density at radius 2 is 2.33 bits per heavy atom. The highest BCUT2D eigenvalue weighted by Crippen LogP contribution is 2.13. The van der Waals surface area contributed by atoms with Crippen molar-refractivity contribution in [3.05, 3.63) is 0 Å². The van der Waals surface area contributed by atoms with Gasteiger partial charge in [-0.1, -0.05) is 19.8 Å². The molecule has 1 atom stereocenters. The Bertz CT molecular complexity index is 100. The van der Waals surface area contributed by atoms with E-state index in [1.165, 1.54) is 50.2 Å². The van der Waals surface area contributed by atoms with Crippen molar-refractivity contribution in [2.45, 2.75) is 45.1 Å². The van der Waals surface area contributed by atoms with Gasteiger partial charge in [-0.05, 0) is 31.6 Å². The number of hydrogen-bond donors (Lipinski definition) is 1. The molecule has 1 unspecified atom stereocenters. The summed E-state index contributed by atoms with van der Waals surface area (Å²) in [7, 11) is 0. The molecule has 1 aliphatic heterocycles. The highest BCUT2D eigenvalue weighted by atomic mass is 32.2. The smallest absolute Gasteiger partial charge is 0.0158 e. The second-order valence-corrected chi connectivity index (χ2v) is 4.73. The van der Waals surface area contributed by atoms with Gasteiger partial charge in [0.15, 0.2) is 0 Å². The first-order valence-electron chi connectivity index (χ1n) is 5.24. The van der Waals surface area contributed by atoms with Crippen LogP contribution in [0, 0.1) is 0 Å². The van der Waals surface area contributed by atoms with Crippen LogP contribution in [0.1, 0.15) is 39.0 Å². The Balaban J connectivity index is 1.81. The molecule has 72 valence electrons. The lowest BCUT2D eigenvalue weighted by molar-refractivity contribution is 0.673. The monoisotopic (exact) mass is 187 g/mol. The fraction of sp³-hybridized carbons (Fsp3) is 1.00. The average Bonchev–Trinajstić information content (AvgIpc) is 2.57. The Morgan fingerprint density at radius 1 is 1.42 bits per heavy atom. The molecule has 1 N–H and O–H groups in total. The van der Waals surface area contributed by atoms with E-state index in [1.807, 2.05) is 0 Å². The van der Waals surface area contributed by atoms with Gasteiger partial charge in [-0.3, -0.25) is 0 Å². The summed E-state index contributed by atoms with van der Waals surface area (Å²) in [4.78, 5) is 0. The predicted octanol–water partition coefficient (Wildman–Crippen LogP) is 2.66. The second kappa shape index (κ2) is 6.79. The summed E-state index contributed by atoms with van der Waals surface area (Å²) in [5, 5.41) is 3.53. The van der Waals surface area contributed by atoms with Gasteiger partial charge in [0.2, 0.25) is 0 Å². The standard InChI is InChI=1S/C10H21NS/c1-2-3-4-8-12-9-10-6-5-7-11-10/h10-11H,2-9H2,1H3. The summed E-state index contributed by atoms with van der Waals surface area (Å²) in [6.45, 7) is 3.52. The first-order chi connectivity index (χ1) is 5.93. The largest absolute Gasteiger partial charge is 0.313 e. The van der Waals surface area contributed by atoms with E-state index in [2.05, 4.69) is 24.0 Å². The number of rotatable bonds is 6.